The molecule has 4 nitrogen and oxygen atoms in total. The Morgan fingerprint density at radius 3 is 2.43 bits per heavy atom. The van der Waals surface area contributed by atoms with Crippen LogP contribution in [0.5, 0.6) is 0 Å². The molecule has 0 aromatic heterocycles. The molecule has 1 saturated heterocycles. The molecule has 0 unspecified atom stereocenters. The molecule has 4 heteroatoms. The van der Waals surface area contributed by atoms with E-state index in [4.69, 9.17) is 16.5 Å². The van der Waals surface area contributed by atoms with Gasteiger partial charge in [0, 0.05) is 30.6 Å². The van der Waals surface area contributed by atoms with E-state index in [1.807, 2.05) is 18.3 Å². The van der Waals surface area contributed by atoms with Crippen molar-refractivity contribution in [3.63, 3.8) is 0 Å². The number of hydrogen-bond acceptors (Lipinski definition) is 4. The Kier molecular flexibility index (Phi) is 2.57. The molecule has 1 aliphatic heterocycles. The second-order valence-corrected chi connectivity index (χ2v) is 7.43. The Morgan fingerprint density at radius 2 is 1.81 bits per heavy atom. The fourth-order valence-corrected chi connectivity index (χ4v) is 3.37. The van der Waals surface area contributed by atoms with Crippen molar-refractivity contribution in [1.82, 2.24) is 0 Å². The minimum absolute atomic E-state index is 0.136. The molecule has 4 rings (SSSR count). The van der Waals surface area contributed by atoms with Crippen molar-refractivity contribution in [2.75, 3.05) is 29.5 Å². The molecule has 21 heavy (non-hydrogen) atoms. The fraction of sp³-hybridized carbons (Fsp3) is 0.588. The molecule has 3 fully saturated rings. The summed E-state index contributed by atoms with van der Waals surface area (Å²) in [5.74, 6) is 0. The first kappa shape index (κ1) is 13.0. The average molecular weight is 284 g/mol. The van der Waals surface area contributed by atoms with Crippen LogP contribution >= 0.6 is 0 Å². The van der Waals surface area contributed by atoms with E-state index < -0.39 is 0 Å². The highest BCUT2D eigenvalue weighted by molar-refractivity contribution is 5.99. The number of nitrogens with two attached hydrogens (primary N) is 2. The first-order valence-electron chi connectivity index (χ1n) is 7.99. The Hall–Kier alpha value is -1.71. The highest BCUT2D eigenvalue weighted by Crippen LogP contribution is 2.54. The number of aliphatic imine (C=N–C) groups is 1. The molecule has 2 aliphatic carbocycles. The lowest BCUT2D eigenvalue weighted by Gasteiger charge is -2.24. The molecule has 2 saturated carbocycles. The van der Waals surface area contributed by atoms with E-state index in [0.717, 1.165) is 35.7 Å². The standard InChI is InChI=1S/C17H24N4/c1-16(4-5-16)20-10-12-13(18)2-3-14(19)15(12)21-9-8-17(11-21)6-7-17/h2-3,10H,4-9,11,18-19H2,1H3. The summed E-state index contributed by atoms with van der Waals surface area (Å²) in [6, 6.07) is 3.83. The number of nitrogens with zero attached hydrogens (tertiary/aromatic N) is 2. The maximum absolute atomic E-state index is 6.28. The molecule has 3 aliphatic rings. The van der Waals surface area contributed by atoms with Crippen LogP contribution in [0.25, 0.3) is 0 Å². The molecule has 112 valence electrons. The minimum Gasteiger partial charge on any atom is -0.398 e. The van der Waals surface area contributed by atoms with Gasteiger partial charge in [-0.05, 0) is 56.6 Å². The highest BCUT2D eigenvalue weighted by Gasteiger charge is 2.48. The smallest absolute Gasteiger partial charge is 0.0710 e. The van der Waals surface area contributed by atoms with Gasteiger partial charge in [-0.2, -0.15) is 0 Å². The zero-order chi connectivity index (χ0) is 14.7. The van der Waals surface area contributed by atoms with Crippen LogP contribution in [-0.4, -0.2) is 24.8 Å². The van der Waals surface area contributed by atoms with Gasteiger partial charge in [0.05, 0.1) is 16.9 Å². The molecule has 0 bridgehead atoms. The van der Waals surface area contributed by atoms with E-state index in [9.17, 15) is 0 Å². The van der Waals surface area contributed by atoms with Crippen molar-refractivity contribution in [3.05, 3.63) is 17.7 Å². The van der Waals surface area contributed by atoms with Crippen LogP contribution in [-0.2, 0) is 0 Å². The van der Waals surface area contributed by atoms with Crippen LogP contribution in [0.15, 0.2) is 17.1 Å². The minimum atomic E-state index is 0.136. The van der Waals surface area contributed by atoms with E-state index in [0.29, 0.717) is 5.41 Å². The number of anilines is 3. The van der Waals surface area contributed by atoms with Crippen molar-refractivity contribution in [1.29, 1.82) is 0 Å². The summed E-state index contributed by atoms with van der Waals surface area (Å²) in [4.78, 5) is 7.16. The Bertz CT molecular complexity index is 611. The summed E-state index contributed by atoms with van der Waals surface area (Å²) in [6.07, 6.45) is 8.34. The molecule has 1 aromatic rings. The van der Waals surface area contributed by atoms with Crippen molar-refractivity contribution < 1.29 is 0 Å². The molecule has 1 spiro atoms. The average Bonchev–Trinajstić information content (AvgIpc) is 3.32. The first-order chi connectivity index (χ1) is 10.0. The summed E-state index contributed by atoms with van der Waals surface area (Å²) in [5, 5.41) is 0. The van der Waals surface area contributed by atoms with E-state index in [1.165, 1.54) is 32.1 Å². The first-order valence-corrected chi connectivity index (χ1v) is 7.99. The molecule has 0 amide bonds. The third-order valence-corrected chi connectivity index (χ3v) is 5.47. The SMILES string of the molecule is CC1(N=Cc2c(N)ccc(N)c2N2CCC3(CC3)C2)CC1. The summed E-state index contributed by atoms with van der Waals surface area (Å²) in [5.41, 5.74) is 16.9. The van der Waals surface area contributed by atoms with Crippen molar-refractivity contribution >= 4 is 23.3 Å². The molecular formula is C17H24N4. The Balaban J connectivity index is 1.70. The monoisotopic (exact) mass is 284 g/mol. The molecule has 1 heterocycles. The van der Waals surface area contributed by atoms with Crippen molar-refractivity contribution in [2.24, 2.45) is 10.4 Å². The van der Waals surface area contributed by atoms with Gasteiger partial charge in [0.1, 0.15) is 0 Å². The van der Waals surface area contributed by atoms with Crippen LogP contribution in [0, 0.1) is 5.41 Å². The van der Waals surface area contributed by atoms with E-state index in [2.05, 4.69) is 11.8 Å². The van der Waals surface area contributed by atoms with E-state index >= 15 is 0 Å². The topological polar surface area (TPSA) is 67.6 Å². The van der Waals surface area contributed by atoms with Gasteiger partial charge in [-0.1, -0.05) is 0 Å². The van der Waals surface area contributed by atoms with Crippen LogP contribution in [0.1, 0.15) is 44.6 Å². The van der Waals surface area contributed by atoms with Crippen LogP contribution in [0.3, 0.4) is 0 Å². The number of hydrogen-bond donors (Lipinski definition) is 2. The quantitative estimate of drug-likeness (QED) is 0.662. The largest absolute Gasteiger partial charge is 0.398 e. The zero-order valence-electron chi connectivity index (χ0n) is 12.7. The predicted molar refractivity (Wildman–Crippen MR) is 89.0 cm³/mol. The Morgan fingerprint density at radius 1 is 1.10 bits per heavy atom. The van der Waals surface area contributed by atoms with Gasteiger partial charge in [0.2, 0.25) is 0 Å². The van der Waals surface area contributed by atoms with Crippen LogP contribution in [0.2, 0.25) is 0 Å². The molecular weight excluding hydrogens is 260 g/mol. The van der Waals surface area contributed by atoms with Gasteiger partial charge in [0.25, 0.3) is 0 Å². The summed E-state index contributed by atoms with van der Waals surface area (Å²) >= 11 is 0. The summed E-state index contributed by atoms with van der Waals surface area (Å²) < 4.78 is 0. The normalized spacial score (nSPS) is 24.9. The zero-order valence-corrected chi connectivity index (χ0v) is 12.7. The second-order valence-electron chi connectivity index (χ2n) is 7.43. The molecule has 0 radical (unpaired) electrons. The lowest BCUT2D eigenvalue weighted by atomic mass is 10.1. The summed E-state index contributed by atoms with van der Waals surface area (Å²) in [6.45, 7) is 4.41. The van der Waals surface area contributed by atoms with Gasteiger partial charge in [0.15, 0.2) is 0 Å². The molecule has 1 aromatic carbocycles. The predicted octanol–water partition coefficient (Wildman–Crippen LogP) is 2.81. The summed E-state index contributed by atoms with van der Waals surface area (Å²) in [7, 11) is 0. The van der Waals surface area contributed by atoms with Crippen molar-refractivity contribution in [2.45, 2.75) is 44.6 Å². The van der Waals surface area contributed by atoms with Gasteiger partial charge in [-0.15, -0.1) is 0 Å². The fourth-order valence-electron chi connectivity index (χ4n) is 3.37. The van der Waals surface area contributed by atoms with E-state index in [1.54, 1.807) is 0 Å². The number of benzene rings is 1. The van der Waals surface area contributed by atoms with Crippen molar-refractivity contribution in [3.8, 4) is 0 Å². The second kappa shape index (κ2) is 4.15. The maximum Gasteiger partial charge on any atom is 0.0710 e. The lowest BCUT2D eigenvalue weighted by molar-refractivity contribution is 0.581. The van der Waals surface area contributed by atoms with Gasteiger partial charge >= 0.3 is 0 Å². The maximum atomic E-state index is 6.28. The van der Waals surface area contributed by atoms with E-state index in [-0.39, 0.29) is 5.54 Å². The Labute approximate surface area is 126 Å². The number of nitrogen functional groups attached to an aromatic ring is 2. The van der Waals surface area contributed by atoms with Crippen LogP contribution < -0.4 is 16.4 Å². The lowest BCUT2D eigenvalue weighted by Crippen LogP contribution is -2.23. The van der Waals surface area contributed by atoms with Gasteiger partial charge in [-0.3, -0.25) is 4.99 Å². The highest BCUT2D eigenvalue weighted by atomic mass is 15.2. The third kappa shape index (κ3) is 2.27. The van der Waals surface area contributed by atoms with Crippen LogP contribution in [0.4, 0.5) is 17.1 Å². The molecule has 0 atom stereocenters. The molecule has 4 N–H and O–H groups in total. The van der Waals surface area contributed by atoms with Gasteiger partial charge in [-0.25, -0.2) is 0 Å². The third-order valence-electron chi connectivity index (χ3n) is 5.47. The number of rotatable bonds is 3. The van der Waals surface area contributed by atoms with Gasteiger partial charge < -0.3 is 16.4 Å².